The highest BCUT2D eigenvalue weighted by atomic mass is 127. The van der Waals surface area contributed by atoms with Crippen LogP contribution in [0.15, 0.2) is 29.0 Å². The first-order valence-corrected chi connectivity index (χ1v) is 9.27. The first-order valence-electron chi connectivity index (χ1n) is 8.39. The SMILES string of the molecule is CN(C)C(CN=C(N)N1CCN(c2nccs2)CC1)c1cnn(C)c1.I. The maximum atomic E-state index is 6.25. The van der Waals surface area contributed by atoms with Crippen LogP contribution >= 0.6 is 35.3 Å². The minimum atomic E-state index is 0. The lowest BCUT2D eigenvalue weighted by molar-refractivity contribution is 0.304. The number of rotatable bonds is 5. The molecule has 0 aromatic carbocycles. The number of thiazole rings is 1. The molecule has 10 heteroatoms. The van der Waals surface area contributed by atoms with Gasteiger partial charge < -0.3 is 20.4 Å². The Bertz CT molecular complexity index is 691. The second-order valence-electron chi connectivity index (χ2n) is 6.41. The molecule has 8 nitrogen and oxygen atoms in total. The summed E-state index contributed by atoms with van der Waals surface area (Å²) in [5.74, 6) is 0.620. The molecule has 1 atom stereocenters. The van der Waals surface area contributed by atoms with E-state index in [1.807, 2.05) is 35.7 Å². The summed E-state index contributed by atoms with van der Waals surface area (Å²) in [5, 5.41) is 7.35. The normalized spacial score (nSPS) is 16.7. The van der Waals surface area contributed by atoms with Gasteiger partial charge in [-0.3, -0.25) is 9.67 Å². The fourth-order valence-electron chi connectivity index (χ4n) is 2.96. The van der Waals surface area contributed by atoms with Gasteiger partial charge in [0, 0.05) is 56.6 Å². The van der Waals surface area contributed by atoms with Crippen LogP contribution in [-0.2, 0) is 7.05 Å². The molecule has 3 rings (SSSR count). The van der Waals surface area contributed by atoms with E-state index >= 15 is 0 Å². The molecule has 0 aliphatic carbocycles. The molecular weight excluding hydrogens is 463 g/mol. The number of hydrogen-bond acceptors (Lipinski definition) is 6. The van der Waals surface area contributed by atoms with Crippen LogP contribution in [0.5, 0.6) is 0 Å². The van der Waals surface area contributed by atoms with Crippen molar-refractivity contribution in [3.63, 3.8) is 0 Å². The van der Waals surface area contributed by atoms with Crippen molar-refractivity contribution in [1.82, 2.24) is 24.6 Å². The maximum Gasteiger partial charge on any atom is 0.191 e. The highest BCUT2D eigenvalue weighted by Crippen LogP contribution is 2.20. The fraction of sp³-hybridized carbons (Fsp3) is 0.562. The number of piperazine rings is 1. The van der Waals surface area contributed by atoms with Gasteiger partial charge in [-0.1, -0.05) is 0 Å². The van der Waals surface area contributed by atoms with Crippen LogP contribution in [0, 0.1) is 0 Å². The summed E-state index contributed by atoms with van der Waals surface area (Å²) in [4.78, 5) is 15.6. The topological polar surface area (TPSA) is 78.8 Å². The van der Waals surface area contributed by atoms with Gasteiger partial charge in [-0.2, -0.15) is 5.10 Å². The summed E-state index contributed by atoms with van der Waals surface area (Å²) in [5.41, 5.74) is 7.40. The molecule has 2 aromatic rings. The van der Waals surface area contributed by atoms with E-state index in [1.54, 1.807) is 11.3 Å². The van der Waals surface area contributed by atoms with Crippen LogP contribution in [0.25, 0.3) is 0 Å². The third-order valence-corrected chi connectivity index (χ3v) is 5.28. The Morgan fingerprint density at radius 1 is 1.35 bits per heavy atom. The number of aryl methyl sites for hydroxylation is 1. The quantitative estimate of drug-likeness (QED) is 0.386. The van der Waals surface area contributed by atoms with Crippen LogP contribution in [-0.4, -0.2) is 77.3 Å². The first-order chi connectivity index (χ1) is 12.0. The van der Waals surface area contributed by atoms with E-state index in [-0.39, 0.29) is 30.0 Å². The number of nitrogens with two attached hydrogens (primary N) is 1. The lowest BCUT2D eigenvalue weighted by atomic mass is 10.1. The molecule has 0 radical (unpaired) electrons. The van der Waals surface area contributed by atoms with Crippen LogP contribution in [0.1, 0.15) is 11.6 Å². The molecule has 1 aliphatic rings. The molecule has 1 fully saturated rings. The molecule has 1 aliphatic heterocycles. The van der Waals surface area contributed by atoms with Crippen LogP contribution in [0.3, 0.4) is 0 Å². The fourth-order valence-corrected chi connectivity index (χ4v) is 3.65. The third kappa shape index (κ3) is 5.07. The van der Waals surface area contributed by atoms with Gasteiger partial charge in [-0.05, 0) is 14.1 Å². The number of aromatic nitrogens is 3. The molecule has 0 saturated carbocycles. The smallest absolute Gasteiger partial charge is 0.191 e. The molecule has 1 saturated heterocycles. The summed E-state index contributed by atoms with van der Waals surface area (Å²) in [6, 6.07) is 0.170. The van der Waals surface area contributed by atoms with Crippen molar-refractivity contribution < 1.29 is 0 Å². The summed E-state index contributed by atoms with van der Waals surface area (Å²) in [6.45, 7) is 4.20. The molecule has 3 heterocycles. The van der Waals surface area contributed by atoms with E-state index in [0.717, 1.165) is 36.9 Å². The molecule has 0 spiro atoms. The number of nitrogens with zero attached hydrogens (tertiary/aromatic N) is 7. The Morgan fingerprint density at radius 2 is 2.08 bits per heavy atom. The Kier molecular flexibility index (Phi) is 7.65. The predicted octanol–water partition coefficient (Wildman–Crippen LogP) is 1.23. The number of guanidine groups is 1. The molecule has 1 unspecified atom stereocenters. The average molecular weight is 490 g/mol. The van der Waals surface area contributed by atoms with Gasteiger partial charge in [-0.25, -0.2) is 4.98 Å². The van der Waals surface area contributed by atoms with Crippen LogP contribution in [0.2, 0.25) is 0 Å². The number of aliphatic imine (C=N–C) groups is 1. The third-order valence-electron chi connectivity index (χ3n) is 4.45. The lowest BCUT2D eigenvalue weighted by Gasteiger charge is -2.35. The Balaban J connectivity index is 0.00000243. The number of hydrogen-bond donors (Lipinski definition) is 1. The van der Waals surface area contributed by atoms with E-state index in [1.165, 1.54) is 0 Å². The number of anilines is 1. The van der Waals surface area contributed by atoms with Crippen molar-refractivity contribution in [2.24, 2.45) is 17.8 Å². The average Bonchev–Trinajstić information content (AvgIpc) is 3.27. The van der Waals surface area contributed by atoms with Crippen molar-refractivity contribution >= 4 is 46.4 Å². The largest absolute Gasteiger partial charge is 0.370 e. The monoisotopic (exact) mass is 490 g/mol. The molecule has 2 aromatic heterocycles. The number of halogens is 1. The second kappa shape index (κ2) is 9.51. The Hall–Kier alpha value is -1.40. The zero-order valence-electron chi connectivity index (χ0n) is 15.4. The van der Waals surface area contributed by atoms with E-state index in [2.05, 4.69) is 43.9 Å². The van der Waals surface area contributed by atoms with Gasteiger partial charge in [-0.15, -0.1) is 35.3 Å². The van der Waals surface area contributed by atoms with Gasteiger partial charge >= 0.3 is 0 Å². The standard InChI is InChI=1S/C16H26N8S.HI/c1-21(2)14(13-10-20-22(3)12-13)11-19-15(17)23-5-7-24(8-6-23)16-18-4-9-25-16;/h4,9-10,12,14H,5-8,11H2,1-3H3,(H2,17,19);1H. The van der Waals surface area contributed by atoms with E-state index in [0.29, 0.717) is 12.5 Å². The van der Waals surface area contributed by atoms with Crippen molar-refractivity contribution in [3.8, 4) is 0 Å². The summed E-state index contributed by atoms with van der Waals surface area (Å²) in [7, 11) is 6.03. The zero-order chi connectivity index (χ0) is 17.8. The summed E-state index contributed by atoms with van der Waals surface area (Å²) < 4.78 is 1.82. The Labute approximate surface area is 175 Å². The van der Waals surface area contributed by atoms with Gasteiger partial charge in [0.2, 0.25) is 0 Å². The van der Waals surface area contributed by atoms with Crippen LogP contribution < -0.4 is 10.6 Å². The molecule has 144 valence electrons. The lowest BCUT2D eigenvalue weighted by Crippen LogP contribution is -2.51. The van der Waals surface area contributed by atoms with Crippen LogP contribution in [0.4, 0.5) is 5.13 Å². The second-order valence-corrected chi connectivity index (χ2v) is 7.29. The zero-order valence-corrected chi connectivity index (χ0v) is 18.6. The summed E-state index contributed by atoms with van der Waals surface area (Å²) >= 11 is 1.68. The van der Waals surface area contributed by atoms with Gasteiger partial charge in [0.15, 0.2) is 11.1 Å². The minimum absolute atomic E-state index is 0. The van der Waals surface area contributed by atoms with Crippen molar-refractivity contribution in [1.29, 1.82) is 0 Å². The highest BCUT2D eigenvalue weighted by molar-refractivity contribution is 14.0. The highest BCUT2D eigenvalue weighted by Gasteiger charge is 2.21. The van der Waals surface area contributed by atoms with E-state index in [9.17, 15) is 0 Å². The molecule has 2 N–H and O–H groups in total. The molecule has 0 amide bonds. The molecule has 26 heavy (non-hydrogen) atoms. The maximum absolute atomic E-state index is 6.25. The van der Waals surface area contributed by atoms with E-state index in [4.69, 9.17) is 5.73 Å². The molecule has 0 bridgehead atoms. The van der Waals surface area contributed by atoms with Gasteiger partial charge in [0.05, 0.1) is 18.8 Å². The first kappa shape index (κ1) is 20.9. The predicted molar refractivity (Wildman–Crippen MR) is 117 cm³/mol. The molecular formula is C16H27IN8S. The summed E-state index contributed by atoms with van der Waals surface area (Å²) in [6.07, 6.45) is 5.77. The Morgan fingerprint density at radius 3 is 2.62 bits per heavy atom. The number of likely N-dealkylation sites (N-methyl/N-ethyl adjacent to an activating group) is 1. The van der Waals surface area contributed by atoms with Gasteiger partial charge in [0.25, 0.3) is 0 Å². The van der Waals surface area contributed by atoms with Crippen molar-refractivity contribution in [2.75, 3.05) is 51.7 Å². The van der Waals surface area contributed by atoms with Gasteiger partial charge in [0.1, 0.15) is 0 Å². The van der Waals surface area contributed by atoms with E-state index < -0.39 is 0 Å². The van der Waals surface area contributed by atoms with Crippen molar-refractivity contribution in [2.45, 2.75) is 6.04 Å². The minimum Gasteiger partial charge on any atom is -0.370 e. The van der Waals surface area contributed by atoms with Crippen molar-refractivity contribution in [3.05, 3.63) is 29.5 Å².